The lowest BCUT2D eigenvalue weighted by atomic mass is 10.3. The number of pyridine rings is 1. The van der Waals surface area contributed by atoms with Crippen LogP contribution in [0.1, 0.15) is 18.9 Å². The number of hydrogen-bond acceptors (Lipinski definition) is 5. The van der Waals surface area contributed by atoms with Crippen LogP contribution in [0.2, 0.25) is 0 Å². The van der Waals surface area contributed by atoms with Gasteiger partial charge in [0.25, 0.3) is 0 Å². The van der Waals surface area contributed by atoms with Gasteiger partial charge in [-0.25, -0.2) is 4.98 Å². The smallest absolute Gasteiger partial charge is 0.226 e. The predicted molar refractivity (Wildman–Crippen MR) is 73.0 cm³/mol. The fraction of sp³-hybridized carbons (Fsp3) is 0.333. The molecule has 2 heterocycles. The van der Waals surface area contributed by atoms with Crippen molar-refractivity contribution in [1.29, 1.82) is 0 Å². The van der Waals surface area contributed by atoms with Gasteiger partial charge in [0.15, 0.2) is 0 Å². The molecule has 0 atom stereocenters. The summed E-state index contributed by atoms with van der Waals surface area (Å²) < 4.78 is 2.34. The van der Waals surface area contributed by atoms with Crippen molar-refractivity contribution in [3.8, 4) is 0 Å². The zero-order valence-corrected chi connectivity index (χ0v) is 11.0. The molecule has 0 amide bonds. The lowest BCUT2D eigenvalue weighted by molar-refractivity contribution is 0.720. The van der Waals surface area contributed by atoms with E-state index in [2.05, 4.69) is 27.2 Å². The molecule has 2 rings (SSSR count). The lowest BCUT2D eigenvalue weighted by Gasteiger charge is -2.07. The lowest BCUT2D eigenvalue weighted by Crippen LogP contribution is -2.10. The van der Waals surface area contributed by atoms with E-state index in [0.29, 0.717) is 17.3 Å². The minimum atomic E-state index is 0.521. The quantitative estimate of drug-likeness (QED) is 0.837. The average molecular weight is 261 g/mol. The molecule has 2 aromatic heterocycles. The van der Waals surface area contributed by atoms with Crippen LogP contribution in [0.4, 0.5) is 5.95 Å². The summed E-state index contributed by atoms with van der Waals surface area (Å²) in [7, 11) is 0. The standard InChI is InChI=1S/C12H15N5S/c1-2-5-14-11-15-9-17(12(18)16-11)8-10-4-3-6-13-7-10/h3-4,6-7,9H,2,5,8H2,1H3,(H,14,16,18). The van der Waals surface area contributed by atoms with Gasteiger partial charge in [-0.1, -0.05) is 13.0 Å². The third-order valence-electron chi connectivity index (χ3n) is 2.38. The minimum absolute atomic E-state index is 0.521. The van der Waals surface area contributed by atoms with Crippen LogP contribution in [0.5, 0.6) is 0 Å². The molecule has 0 saturated heterocycles. The number of nitrogens with zero attached hydrogens (tertiary/aromatic N) is 4. The van der Waals surface area contributed by atoms with E-state index in [9.17, 15) is 0 Å². The zero-order chi connectivity index (χ0) is 12.8. The van der Waals surface area contributed by atoms with E-state index in [1.165, 1.54) is 0 Å². The van der Waals surface area contributed by atoms with Crippen molar-refractivity contribution in [3.05, 3.63) is 41.2 Å². The summed E-state index contributed by atoms with van der Waals surface area (Å²) in [6.45, 7) is 3.58. The first-order valence-corrected chi connectivity index (χ1v) is 6.26. The Labute approximate surface area is 111 Å². The van der Waals surface area contributed by atoms with Crippen molar-refractivity contribution in [2.45, 2.75) is 19.9 Å². The van der Waals surface area contributed by atoms with E-state index in [4.69, 9.17) is 12.2 Å². The molecule has 0 aliphatic carbocycles. The van der Waals surface area contributed by atoms with Crippen LogP contribution in [-0.4, -0.2) is 26.1 Å². The summed E-state index contributed by atoms with van der Waals surface area (Å²) >= 11 is 5.24. The molecule has 0 bridgehead atoms. The molecule has 0 spiro atoms. The highest BCUT2D eigenvalue weighted by molar-refractivity contribution is 7.71. The molecule has 18 heavy (non-hydrogen) atoms. The van der Waals surface area contributed by atoms with E-state index >= 15 is 0 Å². The van der Waals surface area contributed by atoms with Gasteiger partial charge in [0.1, 0.15) is 6.33 Å². The first kappa shape index (κ1) is 12.6. The summed E-state index contributed by atoms with van der Waals surface area (Å²) in [5, 5.41) is 3.11. The second kappa shape index (κ2) is 6.20. The molecule has 5 nitrogen and oxygen atoms in total. The van der Waals surface area contributed by atoms with Crippen molar-refractivity contribution >= 4 is 18.2 Å². The summed E-state index contributed by atoms with van der Waals surface area (Å²) in [5.74, 6) is 0.587. The van der Waals surface area contributed by atoms with Crippen LogP contribution in [0.3, 0.4) is 0 Å². The van der Waals surface area contributed by atoms with Gasteiger partial charge in [-0.05, 0) is 30.3 Å². The van der Waals surface area contributed by atoms with Crippen molar-refractivity contribution in [2.24, 2.45) is 0 Å². The molecule has 94 valence electrons. The Bertz CT molecular complexity index is 552. The maximum absolute atomic E-state index is 5.24. The Hall–Kier alpha value is -1.82. The van der Waals surface area contributed by atoms with Gasteiger partial charge >= 0.3 is 0 Å². The van der Waals surface area contributed by atoms with E-state index in [0.717, 1.165) is 18.5 Å². The Morgan fingerprint density at radius 2 is 2.33 bits per heavy atom. The molecule has 2 aromatic rings. The second-order valence-corrected chi connectivity index (χ2v) is 4.24. The molecule has 0 saturated carbocycles. The van der Waals surface area contributed by atoms with Crippen molar-refractivity contribution in [2.75, 3.05) is 11.9 Å². The van der Waals surface area contributed by atoms with Crippen LogP contribution in [0, 0.1) is 4.77 Å². The largest absolute Gasteiger partial charge is 0.354 e. The summed E-state index contributed by atoms with van der Waals surface area (Å²) in [6.07, 6.45) is 6.29. The van der Waals surface area contributed by atoms with Crippen LogP contribution >= 0.6 is 12.2 Å². The number of anilines is 1. The van der Waals surface area contributed by atoms with E-state index in [-0.39, 0.29) is 0 Å². The third-order valence-corrected chi connectivity index (χ3v) is 2.70. The molecule has 0 fully saturated rings. The summed E-state index contributed by atoms with van der Waals surface area (Å²) in [5.41, 5.74) is 1.08. The monoisotopic (exact) mass is 261 g/mol. The molecular weight excluding hydrogens is 246 g/mol. The maximum Gasteiger partial charge on any atom is 0.226 e. The second-order valence-electron chi connectivity index (χ2n) is 3.88. The molecule has 0 unspecified atom stereocenters. The van der Waals surface area contributed by atoms with E-state index in [1.807, 2.05) is 22.9 Å². The van der Waals surface area contributed by atoms with Crippen LogP contribution in [0.15, 0.2) is 30.9 Å². The molecule has 0 radical (unpaired) electrons. The minimum Gasteiger partial charge on any atom is -0.354 e. The normalized spacial score (nSPS) is 10.3. The Balaban J connectivity index is 2.13. The third kappa shape index (κ3) is 3.33. The van der Waals surface area contributed by atoms with Gasteiger partial charge in [-0.3, -0.25) is 4.98 Å². The van der Waals surface area contributed by atoms with Crippen LogP contribution < -0.4 is 5.32 Å². The maximum atomic E-state index is 5.24. The fourth-order valence-electron chi connectivity index (χ4n) is 1.48. The number of hydrogen-bond donors (Lipinski definition) is 1. The highest BCUT2D eigenvalue weighted by Crippen LogP contribution is 2.02. The van der Waals surface area contributed by atoms with Gasteiger partial charge in [-0.15, -0.1) is 0 Å². The van der Waals surface area contributed by atoms with E-state index in [1.54, 1.807) is 12.5 Å². The molecule has 1 N–H and O–H groups in total. The highest BCUT2D eigenvalue weighted by atomic mass is 32.1. The Morgan fingerprint density at radius 3 is 3.00 bits per heavy atom. The van der Waals surface area contributed by atoms with Crippen LogP contribution in [0.25, 0.3) is 0 Å². The van der Waals surface area contributed by atoms with Gasteiger partial charge in [-0.2, -0.15) is 4.98 Å². The van der Waals surface area contributed by atoms with E-state index < -0.39 is 0 Å². The number of aromatic nitrogens is 4. The zero-order valence-electron chi connectivity index (χ0n) is 10.2. The van der Waals surface area contributed by atoms with Crippen LogP contribution in [-0.2, 0) is 6.54 Å². The van der Waals surface area contributed by atoms with Gasteiger partial charge in [0.2, 0.25) is 10.7 Å². The summed E-state index contributed by atoms with van der Waals surface area (Å²) in [4.78, 5) is 12.5. The van der Waals surface area contributed by atoms with Crippen molar-refractivity contribution in [1.82, 2.24) is 19.5 Å². The van der Waals surface area contributed by atoms with Crippen molar-refractivity contribution in [3.63, 3.8) is 0 Å². The predicted octanol–water partition coefficient (Wildman–Crippen LogP) is 2.27. The average Bonchev–Trinajstić information content (AvgIpc) is 2.40. The number of nitrogens with one attached hydrogen (secondary N) is 1. The van der Waals surface area contributed by atoms with Gasteiger partial charge < -0.3 is 9.88 Å². The topological polar surface area (TPSA) is 55.6 Å². The van der Waals surface area contributed by atoms with Gasteiger partial charge in [0.05, 0.1) is 6.54 Å². The number of rotatable bonds is 5. The first-order valence-electron chi connectivity index (χ1n) is 5.86. The molecule has 0 aliphatic heterocycles. The molecular formula is C12H15N5S. The van der Waals surface area contributed by atoms with Gasteiger partial charge in [0, 0.05) is 18.9 Å². The fourth-order valence-corrected chi connectivity index (χ4v) is 1.67. The first-order chi connectivity index (χ1) is 8.79. The highest BCUT2D eigenvalue weighted by Gasteiger charge is 1.99. The molecule has 0 aromatic carbocycles. The van der Waals surface area contributed by atoms with Crippen molar-refractivity contribution < 1.29 is 0 Å². The SMILES string of the molecule is CCCNc1ncn(Cc2cccnc2)c(=S)n1. The summed E-state index contributed by atoms with van der Waals surface area (Å²) in [6, 6.07) is 3.90. The Morgan fingerprint density at radius 1 is 1.44 bits per heavy atom. The molecule has 0 aliphatic rings. The molecule has 6 heteroatoms. The Kier molecular flexibility index (Phi) is 4.35.